The van der Waals surface area contributed by atoms with Gasteiger partial charge in [-0.1, -0.05) is 97.1 Å². The van der Waals surface area contributed by atoms with Gasteiger partial charge in [-0.05, 0) is 36.4 Å². The molecule has 0 amide bonds. The fourth-order valence-electron chi connectivity index (χ4n) is 6.63. The minimum absolute atomic E-state index is 0.579. The summed E-state index contributed by atoms with van der Waals surface area (Å²) in [6, 6.07) is 46.1. The SMILES string of the molecule is c1ccc(-c2nc(-c3cccc4c3sc3ccccc34)nc(-n3c4ccccc4c4cc5oc6ccccc6c5cc43)n2)cc1. The molecule has 6 heteroatoms. The highest BCUT2D eigenvalue weighted by molar-refractivity contribution is 7.26. The number of hydrogen-bond donors (Lipinski definition) is 0. The fraction of sp³-hybridized carbons (Fsp3) is 0. The van der Waals surface area contributed by atoms with Crippen molar-refractivity contribution >= 4 is 75.3 Å². The van der Waals surface area contributed by atoms with Gasteiger partial charge in [0.25, 0.3) is 0 Å². The molecular weight excluding hydrogens is 573 g/mol. The first-order valence-corrected chi connectivity index (χ1v) is 15.7. The number of nitrogens with zero attached hydrogens (tertiary/aromatic N) is 4. The van der Waals surface area contributed by atoms with E-state index in [-0.39, 0.29) is 0 Å². The van der Waals surface area contributed by atoms with Crippen LogP contribution in [-0.2, 0) is 0 Å². The maximum Gasteiger partial charge on any atom is 0.238 e. The van der Waals surface area contributed by atoms with E-state index in [4.69, 9.17) is 19.4 Å². The zero-order valence-electron chi connectivity index (χ0n) is 23.8. The molecule has 0 unspecified atom stereocenters. The van der Waals surface area contributed by atoms with E-state index in [1.807, 2.05) is 30.3 Å². The summed E-state index contributed by atoms with van der Waals surface area (Å²) in [4.78, 5) is 15.5. The number of hydrogen-bond acceptors (Lipinski definition) is 5. The van der Waals surface area contributed by atoms with Crippen LogP contribution in [0.2, 0.25) is 0 Å². The Kier molecular flexibility index (Phi) is 5.09. The van der Waals surface area contributed by atoms with E-state index in [0.717, 1.165) is 54.9 Å². The Labute approximate surface area is 260 Å². The molecule has 0 saturated heterocycles. The second-order valence-corrected chi connectivity index (χ2v) is 12.3. The summed E-state index contributed by atoms with van der Waals surface area (Å²) < 4.78 is 10.9. The van der Waals surface area contributed by atoms with Crippen LogP contribution >= 0.6 is 11.3 Å². The normalized spacial score (nSPS) is 12.0. The summed E-state index contributed by atoms with van der Waals surface area (Å²) in [6.07, 6.45) is 0. The van der Waals surface area contributed by atoms with Crippen LogP contribution in [0, 0.1) is 0 Å². The molecule has 0 N–H and O–H groups in total. The topological polar surface area (TPSA) is 56.7 Å². The minimum atomic E-state index is 0.579. The van der Waals surface area contributed by atoms with Gasteiger partial charge in [0.05, 0.1) is 11.0 Å². The Bertz CT molecular complexity index is 2770. The van der Waals surface area contributed by atoms with Gasteiger partial charge in [0.15, 0.2) is 11.6 Å². The molecule has 0 radical (unpaired) electrons. The number of furan rings is 1. The standard InChI is InChI=1S/C39H22N4OS/c1-2-11-23(12-3-1)37-40-38(28-17-10-16-27-26-15-6-9-20-35(26)45-36(27)28)42-39(41-37)43-31-18-7-4-13-24(31)29-22-34-30(21-32(29)43)25-14-5-8-19-33(25)44-34/h1-22H. The van der Waals surface area contributed by atoms with Crippen molar-refractivity contribution in [3.05, 3.63) is 133 Å². The molecular formula is C39H22N4OS. The number of rotatable bonds is 3. The molecule has 4 aromatic heterocycles. The average Bonchev–Trinajstić information content (AvgIpc) is 3.76. The molecule has 5 nitrogen and oxygen atoms in total. The summed E-state index contributed by atoms with van der Waals surface area (Å²) in [5.41, 5.74) is 5.73. The van der Waals surface area contributed by atoms with E-state index < -0.39 is 0 Å². The summed E-state index contributed by atoms with van der Waals surface area (Å²) >= 11 is 1.78. The van der Waals surface area contributed by atoms with Gasteiger partial charge < -0.3 is 4.42 Å². The van der Waals surface area contributed by atoms with Crippen molar-refractivity contribution in [2.24, 2.45) is 0 Å². The Balaban J connectivity index is 1.31. The monoisotopic (exact) mass is 594 g/mol. The largest absolute Gasteiger partial charge is 0.456 e. The van der Waals surface area contributed by atoms with Crippen LogP contribution in [0.1, 0.15) is 0 Å². The molecule has 0 saturated carbocycles. The first kappa shape index (κ1) is 24.6. The van der Waals surface area contributed by atoms with E-state index >= 15 is 0 Å². The molecule has 0 aliphatic heterocycles. The maximum atomic E-state index is 6.29. The second-order valence-electron chi connectivity index (χ2n) is 11.2. The number of aromatic nitrogens is 4. The lowest BCUT2D eigenvalue weighted by Crippen LogP contribution is -2.06. The first-order valence-electron chi connectivity index (χ1n) is 14.9. The first-order chi connectivity index (χ1) is 22.3. The predicted molar refractivity (Wildman–Crippen MR) is 185 cm³/mol. The van der Waals surface area contributed by atoms with Gasteiger partial charge in [0, 0.05) is 52.8 Å². The average molecular weight is 595 g/mol. The van der Waals surface area contributed by atoms with E-state index in [1.165, 1.54) is 20.2 Å². The Morgan fingerprint density at radius 2 is 1.22 bits per heavy atom. The number of benzene rings is 6. The number of thiophene rings is 1. The van der Waals surface area contributed by atoms with Crippen molar-refractivity contribution in [1.29, 1.82) is 0 Å². The van der Waals surface area contributed by atoms with E-state index in [2.05, 4.69) is 108 Å². The van der Waals surface area contributed by atoms with E-state index in [1.54, 1.807) is 11.3 Å². The summed E-state index contributed by atoms with van der Waals surface area (Å²) in [5, 5.41) is 6.81. The molecule has 4 heterocycles. The molecule has 0 aliphatic rings. The van der Waals surface area contributed by atoms with Crippen molar-refractivity contribution in [3.63, 3.8) is 0 Å². The summed E-state index contributed by atoms with van der Waals surface area (Å²) in [7, 11) is 0. The van der Waals surface area contributed by atoms with Crippen LogP contribution in [0.25, 0.3) is 92.6 Å². The highest BCUT2D eigenvalue weighted by Gasteiger charge is 2.21. The molecule has 210 valence electrons. The van der Waals surface area contributed by atoms with Crippen LogP contribution in [0.5, 0.6) is 0 Å². The van der Waals surface area contributed by atoms with E-state index in [0.29, 0.717) is 17.6 Å². The molecule has 10 aromatic rings. The Morgan fingerprint density at radius 3 is 2.13 bits per heavy atom. The molecule has 0 atom stereocenters. The molecule has 0 bridgehead atoms. The van der Waals surface area contributed by atoms with Gasteiger partial charge in [0.2, 0.25) is 5.95 Å². The van der Waals surface area contributed by atoms with Gasteiger partial charge >= 0.3 is 0 Å². The van der Waals surface area contributed by atoms with Crippen LogP contribution in [0.3, 0.4) is 0 Å². The fourth-order valence-corrected chi connectivity index (χ4v) is 7.84. The van der Waals surface area contributed by atoms with Crippen LogP contribution in [0.4, 0.5) is 0 Å². The number of para-hydroxylation sites is 2. The molecule has 10 rings (SSSR count). The Hall–Kier alpha value is -5.85. The molecule has 6 aromatic carbocycles. The lowest BCUT2D eigenvalue weighted by molar-refractivity contribution is 0.669. The Morgan fingerprint density at radius 1 is 0.489 bits per heavy atom. The van der Waals surface area contributed by atoms with E-state index in [9.17, 15) is 0 Å². The minimum Gasteiger partial charge on any atom is -0.456 e. The second kappa shape index (κ2) is 9.32. The molecule has 0 fully saturated rings. The highest BCUT2D eigenvalue weighted by atomic mass is 32.1. The molecule has 45 heavy (non-hydrogen) atoms. The van der Waals surface area contributed by atoms with Crippen molar-refractivity contribution in [2.45, 2.75) is 0 Å². The van der Waals surface area contributed by atoms with Gasteiger partial charge in [0.1, 0.15) is 11.2 Å². The van der Waals surface area contributed by atoms with Gasteiger partial charge in [-0.3, -0.25) is 4.57 Å². The number of fused-ring (bicyclic) bond motifs is 9. The lowest BCUT2D eigenvalue weighted by atomic mass is 10.1. The highest BCUT2D eigenvalue weighted by Crippen LogP contribution is 2.41. The summed E-state index contributed by atoms with van der Waals surface area (Å²) in [5.74, 6) is 1.86. The van der Waals surface area contributed by atoms with Crippen LogP contribution in [0.15, 0.2) is 138 Å². The van der Waals surface area contributed by atoms with Crippen LogP contribution < -0.4 is 0 Å². The van der Waals surface area contributed by atoms with Crippen molar-refractivity contribution in [1.82, 2.24) is 19.5 Å². The molecule has 0 aliphatic carbocycles. The van der Waals surface area contributed by atoms with Crippen molar-refractivity contribution < 1.29 is 4.42 Å². The summed E-state index contributed by atoms with van der Waals surface area (Å²) in [6.45, 7) is 0. The zero-order valence-corrected chi connectivity index (χ0v) is 24.6. The smallest absolute Gasteiger partial charge is 0.238 e. The van der Waals surface area contributed by atoms with Gasteiger partial charge in [-0.15, -0.1) is 11.3 Å². The third-order valence-corrected chi connectivity index (χ3v) is 9.89. The third kappa shape index (κ3) is 3.63. The molecule has 0 spiro atoms. The predicted octanol–water partition coefficient (Wildman–Crippen LogP) is 10.6. The van der Waals surface area contributed by atoms with Gasteiger partial charge in [-0.25, -0.2) is 4.98 Å². The zero-order chi connectivity index (χ0) is 29.5. The quantitative estimate of drug-likeness (QED) is 0.204. The van der Waals surface area contributed by atoms with Crippen molar-refractivity contribution in [3.8, 4) is 28.7 Å². The van der Waals surface area contributed by atoms with Crippen molar-refractivity contribution in [2.75, 3.05) is 0 Å². The third-order valence-electron chi connectivity index (χ3n) is 8.67. The van der Waals surface area contributed by atoms with Crippen LogP contribution in [-0.4, -0.2) is 19.5 Å². The van der Waals surface area contributed by atoms with Gasteiger partial charge in [-0.2, -0.15) is 9.97 Å². The lowest BCUT2D eigenvalue weighted by Gasteiger charge is -2.11. The maximum absolute atomic E-state index is 6.29.